The standard InChI is InChI=1S/C21H19ClN2O5/c1-20(2,3)29-19(26)23-15-11-13(22)9-10-14(15)21(18(23)25)16(17(21)24(27)28)12-7-5-4-6-8-12/h4-11,16-17H,1-3H3/t16-,17+,21+/m0/s1. The van der Waals surface area contributed by atoms with E-state index < -0.39 is 39.9 Å². The zero-order valence-corrected chi connectivity index (χ0v) is 16.8. The number of amides is 2. The molecule has 1 saturated carbocycles. The molecule has 0 aromatic heterocycles. The maximum absolute atomic E-state index is 13.6. The summed E-state index contributed by atoms with van der Waals surface area (Å²) in [5, 5.41) is 12.2. The Hall–Kier alpha value is -2.93. The summed E-state index contributed by atoms with van der Waals surface area (Å²) < 4.78 is 5.40. The van der Waals surface area contributed by atoms with E-state index >= 15 is 0 Å². The molecule has 4 rings (SSSR count). The van der Waals surface area contributed by atoms with Crippen molar-refractivity contribution in [2.75, 3.05) is 4.90 Å². The molecule has 8 heteroatoms. The van der Waals surface area contributed by atoms with Gasteiger partial charge in [0.25, 0.3) is 5.91 Å². The molecule has 0 saturated heterocycles. The summed E-state index contributed by atoms with van der Waals surface area (Å²) in [4.78, 5) is 38.8. The van der Waals surface area contributed by atoms with Gasteiger partial charge in [0.15, 0.2) is 5.41 Å². The van der Waals surface area contributed by atoms with Gasteiger partial charge < -0.3 is 4.74 Å². The molecule has 3 atom stereocenters. The van der Waals surface area contributed by atoms with Gasteiger partial charge in [0.2, 0.25) is 6.04 Å². The van der Waals surface area contributed by atoms with E-state index in [1.165, 1.54) is 6.07 Å². The van der Waals surface area contributed by atoms with E-state index in [2.05, 4.69) is 0 Å². The molecule has 1 fully saturated rings. The minimum atomic E-state index is -1.46. The second-order valence-corrected chi connectivity index (χ2v) is 8.71. The van der Waals surface area contributed by atoms with E-state index in [4.69, 9.17) is 16.3 Å². The molecule has 150 valence electrons. The van der Waals surface area contributed by atoms with E-state index in [1.807, 2.05) is 0 Å². The molecular weight excluding hydrogens is 396 g/mol. The highest BCUT2D eigenvalue weighted by Gasteiger charge is 2.83. The summed E-state index contributed by atoms with van der Waals surface area (Å²) in [7, 11) is 0. The lowest BCUT2D eigenvalue weighted by molar-refractivity contribution is -0.499. The lowest BCUT2D eigenvalue weighted by Crippen LogP contribution is -2.42. The summed E-state index contributed by atoms with van der Waals surface area (Å²) >= 11 is 6.12. The van der Waals surface area contributed by atoms with Gasteiger partial charge in [-0.2, -0.15) is 0 Å². The summed E-state index contributed by atoms with van der Waals surface area (Å²) in [5.74, 6) is -1.34. The van der Waals surface area contributed by atoms with Gasteiger partial charge in [-0.3, -0.25) is 14.9 Å². The van der Waals surface area contributed by atoms with Crippen molar-refractivity contribution in [3.8, 4) is 0 Å². The molecule has 1 spiro atoms. The molecule has 0 bridgehead atoms. The molecule has 0 unspecified atom stereocenters. The Bertz CT molecular complexity index is 1030. The fraction of sp³-hybridized carbons (Fsp3) is 0.333. The van der Waals surface area contributed by atoms with Crippen LogP contribution in [-0.4, -0.2) is 28.6 Å². The minimum absolute atomic E-state index is 0.238. The average Bonchev–Trinajstić information content (AvgIpc) is 3.26. The van der Waals surface area contributed by atoms with Crippen LogP contribution in [0.1, 0.15) is 37.8 Å². The number of hydrogen-bond acceptors (Lipinski definition) is 5. The summed E-state index contributed by atoms with van der Waals surface area (Å²) in [5.41, 5.74) is -0.955. The molecular formula is C21H19ClN2O5. The van der Waals surface area contributed by atoms with Crippen LogP contribution in [0.5, 0.6) is 0 Å². The minimum Gasteiger partial charge on any atom is -0.443 e. The van der Waals surface area contributed by atoms with E-state index in [0.29, 0.717) is 16.1 Å². The molecule has 0 N–H and O–H groups in total. The van der Waals surface area contributed by atoms with Crippen LogP contribution in [0, 0.1) is 10.1 Å². The van der Waals surface area contributed by atoms with Gasteiger partial charge in [0, 0.05) is 9.95 Å². The number of nitro groups is 1. The normalized spacial score (nSPS) is 25.1. The zero-order valence-electron chi connectivity index (χ0n) is 16.1. The number of hydrogen-bond donors (Lipinski definition) is 0. The van der Waals surface area contributed by atoms with Crippen LogP contribution >= 0.6 is 11.6 Å². The first kappa shape index (κ1) is 19.4. The molecule has 2 aliphatic rings. The lowest BCUT2D eigenvalue weighted by atomic mass is 9.92. The SMILES string of the molecule is CC(C)(C)OC(=O)N1C(=O)[C@]2(c3ccc(Cl)cc31)[C@@H](c1ccccc1)[C@H]2[N+](=O)[O-]. The second-order valence-electron chi connectivity index (χ2n) is 8.27. The number of imide groups is 1. The summed E-state index contributed by atoms with van der Waals surface area (Å²) in [6.07, 6.45) is -0.872. The summed E-state index contributed by atoms with van der Waals surface area (Å²) in [6, 6.07) is 12.3. The van der Waals surface area contributed by atoms with E-state index in [0.717, 1.165) is 4.90 Å². The molecule has 29 heavy (non-hydrogen) atoms. The lowest BCUT2D eigenvalue weighted by Gasteiger charge is -2.24. The number of carbonyl (C=O) groups excluding carboxylic acids is 2. The molecule has 0 radical (unpaired) electrons. The molecule has 2 aromatic rings. The molecule has 1 aliphatic carbocycles. The van der Waals surface area contributed by atoms with Gasteiger partial charge in [-0.1, -0.05) is 48.0 Å². The van der Waals surface area contributed by atoms with Gasteiger partial charge in [-0.25, -0.2) is 9.69 Å². The molecule has 1 heterocycles. The van der Waals surface area contributed by atoms with E-state index in [9.17, 15) is 19.7 Å². The van der Waals surface area contributed by atoms with Crippen LogP contribution in [0.2, 0.25) is 5.02 Å². The quantitative estimate of drug-likeness (QED) is 0.539. The number of fused-ring (bicyclic) bond motifs is 2. The van der Waals surface area contributed by atoms with Crippen LogP contribution in [0.15, 0.2) is 48.5 Å². The fourth-order valence-corrected chi connectivity index (χ4v) is 4.45. The van der Waals surface area contributed by atoms with Crippen LogP contribution in [-0.2, 0) is 14.9 Å². The number of carbonyl (C=O) groups is 2. The third-order valence-electron chi connectivity index (χ3n) is 5.33. The Kier molecular flexibility index (Phi) is 4.20. The highest BCUT2D eigenvalue weighted by atomic mass is 35.5. The Morgan fingerprint density at radius 3 is 2.45 bits per heavy atom. The van der Waals surface area contributed by atoms with Crippen molar-refractivity contribution in [3.05, 3.63) is 74.8 Å². The highest BCUT2D eigenvalue weighted by molar-refractivity contribution is 6.32. The number of halogens is 1. The van der Waals surface area contributed by atoms with Gasteiger partial charge >= 0.3 is 6.09 Å². The van der Waals surface area contributed by atoms with Gasteiger partial charge in [-0.05, 0) is 44.0 Å². The number of benzene rings is 2. The Morgan fingerprint density at radius 1 is 1.21 bits per heavy atom. The smallest absolute Gasteiger partial charge is 0.421 e. The predicted molar refractivity (Wildman–Crippen MR) is 107 cm³/mol. The predicted octanol–water partition coefficient (Wildman–Crippen LogP) is 4.30. The average molecular weight is 415 g/mol. The number of ether oxygens (including phenoxy) is 1. The van der Waals surface area contributed by atoms with Crippen molar-refractivity contribution in [1.82, 2.24) is 0 Å². The van der Waals surface area contributed by atoms with Gasteiger partial charge in [-0.15, -0.1) is 0 Å². The Morgan fingerprint density at radius 2 is 1.86 bits per heavy atom. The van der Waals surface area contributed by atoms with Crippen molar-refractivity contribution in [2.24, 2.45) is 0 Å². The fourth-order valence-electron chi connectivity index (χ4n) is 4.29. The maximum Gasteiger partial charge on any atom is 0.421 e. The first-order valence-electron chi connectivity index (χ1n) is 9.15. The first-order chi connectivity index (χ1) is 13.6. The van der Waals surface area contributed by atoms with E-state index in [-0.39, 0.29) is 5.69 Å². The Balaban J connectivity index is 1.88. The second kappa shape index (κ2) is 6.29. The van der Waals surface area contributed by atoms with Crippen molar-refractivity contribution in [2.45, 2.75) is 43.7 Å². The van der Waals surface area contributed by atoms with Gasteiger partial charge in [0.05, 0.1) is 11.6 Å². The van der Waals surface area contributed by atoms with Gasteiger partial charge in [0.1, 0.15) is 5.60 Å². The van der Waals surface area contributed by atoms with Crippen LogP contribution < -0.4 is 4.90 Å². The van der Waals surface area contributed by atoms with Crippen molar-refractivity contribution in [3.63, 3.8) is 0 Å². The van der Waals surface area contributed by atoms with Crippen LogP contribution in [0.4, 0.5) is 10.5 Å². The third-order valence-corrected chi connectivity index (χ3v) is 5.56. The monoisotopic (exact) mass is 414 g/mol. The Labute approximate surface area is 172 Å². The van der Waals surface area contributed by atoms with Crippen molar-refractivity contribution < 1.29 is 19.2 Å². The van der Waals surface area contributed by atoms with E-state index in [1.54, 1.807) is 63.2 Å². The molecule has 7 nitrogen and oxygen atoms in total. The highest BCUT2D eigenvalue weighted by Crippen LogP contribution is 2.67. The molecule has 1 aliphatic heterocycles. The van der Waals surface area contributed by atoms with Crippen molar-refractivity contribution >= 4 is 29.3 Å². The van der Waals surface area contributed by atoms with Crippen molar-refractivity contribution in [1.29, 1.82) is 0 Å². The largest absolute Gasteiger partial charge is 0.443 e. The zero-order chi connectivity index (χ0) is 21.1. The van der Waals surface area contributed by atoms with Crippen LogP contribution in [0.3, 0.4) is 0 Å². The van der Waals surface area contributed by atoms with Crippen LogP contribution in [0.25, 0.3) is 0 Å². The molecule has 2 aromatic carbocycles. The maximum atomic E-state index is 13.6. The number of rotatable bonds is 2. The summed E-state index contributed by atoms with van der Waals surface area (Å²) in [6.45, 7) is 5.05. The molecule has 2 amide bonds. The number of anilines is 1. The topological polar surface area (TPSA) is 89.8 Å². The first-order valence-corrected chi connectivity index (χ1v) is 9.53. The number of nitrogens with zero attached hydrogens (tertiary/aromatic N) is 2. The third kappa shape index (κ3) is 2.80.